The first-order valence-electron chi connectivity index (χ1n) is 19.9. The van der Waals surface area contributed by atoms with Gasteiger partial charge in [-0.15, -0.1) is 0 Å². The molecule has 3 atom stereocenters. The Balaban J connectivity index is 0.816. The number of fused-ring (bicyclic) bond motifs is 4. The number of ether oxygens (including phenoxy) is 3. The molecule has 4 heterocycles. The number of aliphatic imine (C=N–C) groups is 1. The van der Waals surface area contributed by atoms with Crippen LogP contribution in [-0.4, -0.2) is 102 Å². The summed E-state index contributed by atoms with van der Waals surface area (Å²) in [4.78, 5) is 86.0. The first kappa shape index (κ1) is 40.1. The molecule has 4 aliphatic rings. The van der Waals surface area contributed by atoms with Crippen molar-refractivity contribution in [3.63, 3.8) is 0 Å². The third-order valence-corrected chi connectivity index (χ3v) is 11.0. The monoisotopic (exact) mass is 812 g/mol. The molecule has 0 radical (unpaired) electrons. The normalized spacial score (nSPS) is 20.6. The summed E-state index contributed by atoms with van der Waals surface area (Å²) in [7, 11) is 0. The maximum absolute atomic E-state index is 14.8. The lowest BCUT2D eigenvalue weighted by Gasteiger charge is -2.32. The summed E-state index contributed by atoms with van der Waals surface area (Å²) < 4.78 is 17.7. The Hall–Kier alpha value is -6.71. The van der Waals surface area contributed by atoms with Crippen molar-refractivity contribution < 1.29 is 43.0 Å². The molecule has 1 unspecified atom stereocenters. The van der Waals surface area contributed by atoms with Gasteiger partial charge in [0.25, 0.3) is 11.8 Å². The van der Waals surface area contributed by atoms with E-state index in [1.54, 1.807) is 23.1 Å². The van der Waals surface area contributed by atoms with Gasteiger partial charge in [0, 0.05) is 60.4 Å². The van der Waals surface area contributed by atoms with Crippen LogP contribution < -0.4 is 16.0 Å². The zero-order valence-corrected chi connectivity index (χ0v) is 32.8. The molecule has 3 N–H and O–H groups in total. The molecule has 0 spiro atoms. The predicted octanol–water partition coefficient (Wildman–Crippen LogP) is 3.08. The lowest BCUT2D eigenvalue weighted by atomic mass is 9.81. The van der Waals surface area contributed by atoms with E-state index in [1.165, 1.54) is 4.90 Å². The van der Waals surface area contributed by atoms with E-state index >= 15 is 0 Å². The molecule has 15 heteroatoms. The number of hydrogen-bond acceptors (Lipinski definition) is 10. The second kappa shape index (κ2) is 17.6. The Bertz CT molecular complexity index is 2340. The molecule has 1 saturated heterocycles. The highest BCUT2D eigenvalue weighted by atomic mass is 16.5. The fourth-order valence-corrected chi connectivity index (χ4v) is 8.16. The molecule has 8 rings (SSSR count). The van der Waals surface area contributed by atoms with Gasteiger partial charge in [0.15, 0.2) is 11.6 Å². The van der Waals surface area contributed by atoms with Gasteiger partial charge in [0.2, 0.25) is 29.5 Å². The number of piperidine rings is 1. The van der Waals surface area contributed by atoms with Crippen molar-refractivity contribution in [1.29, 1.82) is 0 Å². The van der Waals surface area contributed by atoms with Crippen molar-refractivity contribution in [3.05, 3.63) is 137 Å². The number of hydrogen-bond donors (Lipinski definition) is 3. The van der Waals surface area contributed by atoms with Gasteiger partial charge in [-0.3, -0.25) is 34.1 Å². The van der Waals surface area contributed by atoms with Gasteiger partial charge >= 0.3 is 0 Å². The van der Waals surface area contributed by atoms with Crippen LogP contribution in [0, 0.1) is 0 Å². The minimum Gasteiger partial charge on any atom is -0.466 e. The topological polar surface area (TPSA) is 185 Å². The molecular formula is C45H44N6O9. The molecule has 4 aromatic carbocycles. The highest BCUT2D eigenvalue weighted by Gasteiger charge is 2.57. The van der Waals surface area contributed by atoms with Crippen LogP contribution in [-0.2, 0) is 57.7 Å². The zero-order chi connectivity index (χ0) is 41.6. The van der Waals surface area contributed by atoms with Crippen LogP contribution in [0.2, 0.25) is 0 Å². The second-order valence-corrected chi connectivity index (χ2v) is 15.0. The molecule has 0 bridgehead atoms. The number of carbonyl (C=O) groups excluding carboxylic acids is 6. The average Bonchev–Trinajstić information content (AvgIpc) is 3.78. The third kappa shape index (κ3) is 8.40. The van der Waals surface area contributed by atoms with Gasteiger partial charge in [-0.05, 0) is 41.8 Å². The minimum absolute atomic E-state index is 0.107. The van der Waals surface area contributed by atoms with Gasteiger partial charge in [-0.2, -0.15) is 0 Å². The smallest absolute Gasteiger partial charge is 0.256 e. The number of nitrogens with zero attached hydrogens (tertiary/aromatic N) is 3. The van der Waals surface area contributed by atoms with Gasteiger partial charge in [-0.1, -0.05) is 78.9 Å². The Morgan fingerprint density at radius 2 is 1.58 bits per heavy atom. The highest BCUT2D eigenvalue weighted by molar-refractivity contribution is 6.07. The highest BCUT2D eigenvalue weighted by Crippen LogP contribution is 2.46. The van der Waals surface area contributed by atoms with E-state index < -0.39 is 29.5 Å². The summed E-state index contributed by atoms with van der Waals surface area (Å²) in [5.74, 6) is -1.92. The summed E-state index contributed by atoms with van der Waals surface area (Å²) in [5, 5.41) is 7.91. The molecule has 1 fully saturated rings. The lowest BCUT2D eigenvalue weighted by Crippen LogP contribution is -2.52. The van der Waals surface area contributed by atoms with Crippen LogP contribution in [0.15, 0.2) is 108 Å². The van der Waals surface area contributed by atoms with E-state index in [0.717, 1.165) is 22.3 Å². The van der Waals surface area contributed by atoms with Gasteiger partial charge in [0.1, 0.15) is 12.6 Å². The zero-order valence-electron chi connectivity index (χ0n) is 32.8. The number of amides is 6. The van der Waals surface area contributed by atoms with E-state index in [4.69, 9.17) is 19.2 Å². The van der Waals surface area contributed by atoms with Gasteiger partial charge in [0.05, 0.1) is 26.4 Å². The van der Waals surface area contributed by atoms with Crippen molar-refractivity contribution >= 4 is 47.0 Å². The van der Waals surface area contributed by atoms with Gasteiger partial charge < -0.3 is 34.6 Å². The summed E-state index contributed by atoms with van der Waals surface area (Å²) in [6.07, 6.45) is -0.0398. The van der Waals surface area contributed by atoms with Gasteiger partial charge in [-0.25, -0.2) is 4.99 Å². The van der Waals surface area contributed by atoms with Crippen LogP contribution in [0.4, 0.5) is 5.69 Å². The Kier molecular flexibility index (Phi) is 11.8. The van der Waals surface area contributed by atoms with E-state index in [-0.39, 0.29) is 95.5 Å². The maximum atomic E-state index is 14.8. The summed E-state index contributed by atoms with van der Waals surface area (Å²) in [6.45, 7) is 0.491. The number of carbonyl (C=O) groups is 6. The van der Waals surface area contributed by atoms with Crippen LogP contribution in [0.1, 0.15) is 57.1 Å². The largest absolute Gasteiger partial charge is 0.466 e. The van der Waals surface area contributed by atoms with Crippen molar-refractivity contribution in [3.8, 4) is 0 Å². The van der Waals surface area contributed by atoms with Crippen LogP contribution >= 0.6 is 0 Å². The maximum Gasteiger partial charge on any atom is 0.256 e. The minimum atomic E-state index is -1.35. The molecule has 4 aliphatic heterocycles. The van der Waals surface area contributed by atoms with Crippen molar-refractivity contribution in [1.82, 2.24) is 20.4 Å². The third-order valence-electron chi connectivity index (χ3n) is 11.0. The first-order valence-corrected chi connectivity index (χ1v) is 19.9. The number of rotatable bonds is 15. The Labute approximate surface area is 346 Å². The lowest BCUT2D eigenvalue weighted by molar-refractivity contribution is -0.143. The number of imide groups is 1. The van der Waals surface area contributed by atoms with E-state index in [9.17, 15) is 28.8 Å². The predicted molar refractivity (Wildman–Crippen MR) is 217 cm³/mol. The molecule has 0 aliphatic carbocycles. The summed E-state index contributed by atoms with van der Waals surface area (Å²) in [6, 6.07) is 31.1. The quantitative estimate of drug-likeness (QED) is 0.120. The van der Waals surface area contributed by atoms with Crippen LogP contribution in [0.3, 0.4) is 0 Å². The van der Waals surface area contributed by atoms with Crippen molar-refractivity contribution in [2.75, 3.05) is 44.8 Å². The molecule has 308 valence electrons. The fourth-order valence-electron chi connectivity index (χ4n) is 8.16. The Morgan fingerprint density at radius 3 is 2.38 bits per heavy atom. The van der Waals surface area contributed by atoms with Crippen LogP contribution in [0.5, 0.6) is 0 Å². The van der Waals surface area contributed by atoms with E-state index in [2.05, 4.69) is 16.0 Å². The number of anilines is 1. The van der Waals surface area contributed by atoms with Crippen molar-refractivity contribution in [2.24, 2.45) is 4.99 Å². The molecule has 15 nitrogen and oxygen atoms in total. The SMILES string of the molecule is O=C(CN1Cc2ccccc2[C@@H]2OC(c3ccccc3)=N[C@]2(Cc2ccccc2)C1=O)NCCOCCOCC(=O)Nc1cccc2c1CN(C1CCC(=O)NC1=O)C2=O. The molecule has 60 heavy (non-hydrogen) atoms. The van der Waals surface area contributed by atoms with E-state index in [0.29, 0.717) is 22.7 Å². The standard InChI is InChI=1S/C45H44N6O9/c52-37-19-18-36(41(55)48-37)51-26-34-33(43(51)56)16-9-17-35(34)47-39(54)28-59-23-22-58-21-20-46-38(53)27-50-25-31-14-7-8-15-32(31)40-45(44(50)57,24-29-10-3-1-4-11-29)49-42(60-40)30-12-5-2-6-13-30/h1-17,36,40H,18-28H2,(H,46,53)(H,47,54)(H,48,52,55)/t36?,40-,45-/m0/s1. The first-order chi connectivity index (χ1) is 29.2. The number of nitrogens with one attached hydrogen (secondary N) is 3. The summed E-state index contributed by atoms with van der Waals surface area (Å²) >= 11 is 0. The average molecular weight is 813 g/mol. The second-order valence-electron chi connectivity index (χ2n) is 15.0. The molecule has 4 aromatic rings. The fraction of sp³-hybridized carbons (Fsp3) is 0.311. The van der Waals surface area contributed by atoms with Crippen LogP contribution in [0.25, 0.3) is 0 Å². The van der Waals surface area contributed by atoms with E-state index in [1.807, 2.05) is 84.9 Å². The molecule has 6 amide bonds. The Morgan fingerprint density at radius 1 is 0.833 bits per heavy atom. The summed E-state index contributed by atoms with van der Waals surface area (Å²) in [5.41, 5.74) is 3.47. The van der Waals surface area contributed by atoms with Crippen molar-refractivity contribution in [2.45, 2.75) is 50.0 Å². The molecule has 0 aromatic heterocycles. The number of benzene rings is 4. The molecule has 0 saturated carbocycles. The molecular weight excluding hydrogens is 769 g/mol.